The van der Waals surface area contributed by atoms with E-state index in [9.17, 15) is 0 Å². The van der Waals surface area contributed by atoms with Crippen LogP contribution in [0.1, 0.15) is 11.1 Å². The van der Waals surface area contributed by atoms with Crippen LogP contribution in [0.5, 0.6) is 0 Å². The monoisotopic (exact) mass is 380 g/mol. The van der Waals surface area contributed by atoms with Crippen molar-refractivity contribution >= 4 is 22.6 Å². The standard InChI is InChI=1S/C22H25ClN4/c1-26-11-12-27(15-17-4-6-20(23)7-5-17)16-18(14-26)13-19-8-10-24-21-3-2-9-25-22(19)21/h2-10,18H,11-16H2,1H3. The zero-order valence-electron chi connectivity index (χ0n) is 15.7. The van der Waals surface area contributed by atoms with Crippen molar-refractivity contribution in [2.75, 3.05) is 33.2 Å². The summed E-state index contributed by atoms with van der Waals surface area (Å²) >= 11 is 6.03. The van der Waals surface area contributed by atoms with Gasteiger partial charge in [0, 0.05) is 50.1 Å². The van der Waals surface area contributed by atoms with Crippen LogP contribution in [0.15, 0.2) is 54.9 Å². The first kappa shape index (κ1) is 18.4. The average molecular weight is 381 g/mol. The first-order chi connectivity index (χ1) is 13.2. The number of fused-ring (bicyclic) bond motifs is 1. The Morgan fingerprint density at radius 2 is 1.85 bits per heavy atom. The molecule has 3 heterocycles. The van der Waals surface area contributed by atoms with Gasteiger partial charge in [0.2, 0.25) is 0 Å². The van der Waals surface area contributed by atoms with Crippen molar-refractivity contribution in [3.8, 4) is 0 Å². The van der Waals surface area contributed by atoms with Gasteiger partial charge in [-0.25, -0.2) is 0 Å². The van der Waals surface area contributed by atoms with Gasteiger partial charge in [-0.15, -0.1) is 0 Å². The van der Waals surface area contributed by atoms with E-state index in [0.29, 0.717) is 5.92 Å². The number of rotatable bonds is 4. The summed E-state index contributed by atoms with van der Waals surface area (Å²) in [4.78, 5) is 14.0. The number of benzene rings is 1. The largest absolute Gasteiger partial charge is 0.305 e. The summed E-state index contributed by atoms with van der Waals surface area (Å²) in [5.41, 5.74) is 4.64. The van der Waals surface area contributed by atoms with E-state index in [2.05, 4.69) is 45.0 Å². The Balaban J connectivity index is 1.51. The molecule has 140 valence electrons. The predicted octanol–water partition coefficient (Wildman–Crippen LogP) is 3.89. The second-order valence-corrected chi connectivity index (χ2v) is 7.97. The predicted molar refractivity (Wildman–Crippen MR) is 111 cm³/mol. The van der Waals surface area contributed by atoms with E-state index in [1.54, 1.807) is 0 Å². The van der Waals surface area contributed by atoms with Crippen molar-refractivity contribution in [3.63, 3.8) is 0 Å². The maximum Gasteiger partial charge on any atom is 0.0918 e. The first-order valence-corrected chi connectivity index (χ1v) is 9.89. The minimum Gasteiger partial charge on any atom is -0.305 e. The van der Waals surface area contributed by atoms with Crippen LogP contribution in [-0.4, -0.2) is 53.0 Å². The number of aromatic nitrogens is 2. The Labute approximate surface area is 165 Å². The fourth-order valence-corrected chi connectivity index (χ4v) is 4.12. The van der Waals surface area contributed by atoms with Crippen LogP contribution in [0.2, 0.25) is 5.02 Å². The lowest BCUT2D eigenvalue weighted by Gasteiger charge is -2.24. The van der Waals surface area contributed by atoms with Gasteiger partial charge in [-0.2, -0.15) is 0 Å². The number of likely N-dealkylation sites (N-methyl/N-ethyl adjacent to an activating group) is 1. The maximum atomic E-state index is 6.03. The molecule has 1 unspecified atom stereocenters. The Hall–Kier alpha value is -2.01. The number of nitrogens with zero attached hydrogens (tertiary/aromatic N) is 4. The van der Waals surface area contributed by atoms with Gasteiger partial charge in [0.15, 0.2) is 0 Å². The normalized spacial score (nSPS) is 19.3. The van der Waals surface area contributed by atoms with Crippen molar-refractivity contribution in [1.29, 1.82) is 0 Å². The first-order valence-electron chi connectivity index (χ1n) is 9.51. The zero-order chi connectivity index (χ0) is 18.6. The van der Waals surface area contributed by atoms with E-state index in [-0.39, 0.29) is 0 Å². The third-order valence-corrected chi connectivity index (χ3v) is 5.54. The minimum atomic E-state index is 0.567. The molecule has 1 saturated heterocycles. The molecular formula is C22H25ClN4. The molecule has 2 aromatic heterocycles. The Kier molecular flexibility index (Phi) is 5.67. The van der Waals surface area contributed by atoms with Crippen molar-refractivity contribution in [1.82, 2.24) is 19.8 Å². The summed E-state index contributed by atoms with van der Waals surface area (Å²) in [5, 5.41) is 0.796. The molecular weight excluding hydrogens is 356 g/mol. The van der Waals surface area contributed by atoms with Gasteiger partial charge in [-0.05, 0) is 60.8 Å². The molecule has 27 heavy (non-hydrogen) atoms. The second-order valence-electron chi connectivity index (χ2n) is 7.54. The summed E-state index contributed by atoms with van der Waals surface area (Å²) in [5.74, 6) is 0.567. The van der Waals surface area contributed by atoms with Crippen molar-refractivity contribution in [3.05, 3.63) is 71.0 Å². The highest BCUT2D eigenvalue weighted by atomic mass is 35.5. The van der Waals surface area contributed by atoms with Crippen LogP contribution in [-0.2, 0) is 13.0 Å². The number of hydrogen-bond acceptors (Lipinski definition) is 4. The lowest BCUT2D eigenvalue weighted by Crippen LogP contribution is -2.30. The molecule has 4 nitrogen and oxygen atoms in total. The Morgan fingerprint density at radius 3 is 2.70 bits per heavy atom. The molecule has 4 rings (SSSR count). The van der Waals surface area contributed by atoms with Crippen molar-refractivity contribution in [2.24, 2.45) is 5.92 Å². The van der Waals surface area contributed by atoms with Gasteiger partial charge in [-0.1, -0.05) is 23.7 Å². The number of halogens is 1. The summed E-state index contributed by atoms with van der Waals surface area (Å²) in [6.07, 6.45) is 4.79. The smallest absolute Gasteiger partial charge is 0.0918 e. The topological polar surface area (TPSA) is 32.3 Å². The van der Waals surface area contributed by atoms with Crippen LogP contribution in [0, 0.1) is 5.92 Å². The Bertz CT molecular complexity index is 891. The van der Waals surface area contributed by atoms with E-state index >= 15 is 0 Å². The van der Waals surface area contributed by atoms with E-state index in [0.717, 1.165) is 55.2 Å². The third-order valence-electron chi connectivity index (χ3n) is 5.29. The van der Waals surface area contributed by atoms with E-state index in [1.807, 2.05) is 36.7 Å². The van der Waals surface area contributed by atoms with Gasteiger partial charge in [0.25, 0.3) is 0 Å². The van der Waals surface area contributed by atoms with Crippen LogP contribution in [0.25, 0.3) is 11.0 Å². The summed E-state index contributed by atoms with van der Waals surface area (Å²) in [6, 6.07) is 14.3. The lowest BCUT2D eigenvalue weighted by atomic mass is 9.97. The highest BCUT2D eigenvalue weighted by Gasteiger charge is 2.22. The minimum absolute atomic E-state index is 0.567. The molecule has 1 aliphatic rings. The summed E-state index contributed by atoms with van der Waals surface area (Å²) < 4.78 is 0. The molecule has 0 N–H and O–H groups in total. The number of pyridine rings is 2. The average Bonchev–Trinajstić information content (AvgIpc) is 2.85. The number of hydrogen-bond donors (Lipinski definition) is 0. The SMILES string of the molecule is CN1CCN(Cc2ccc(Cl)cc2)CC(Cc2ccnc3cccnc23)C1. The fourth-order valence-electron chi connectivity index (χ4n) is 3.99. The molecule has 0 saturated carbocycles. The Morgan fingerprint density at radius 1 is 1.00 bits per heavy atom. The molecule has 5 heteroatoms. The van der Waals surface area contributed by atoms with Crippen LogP contribution < -0.4 is 0 Å². The van der Waals surface area contributed by atoms with Crippen molar-refractivity contribution in [2.45, 2.75) is 13.0 Å². The highest BCUT2D eigenvalue weighted by molar-refractivity contribution is 6.30. The summed E-state index contributed by atoms with van der Waals surface area (Å²) in [6.45, 7) is 5.35. The van der Waals surface area contributed by atoms with E-state index in [1.165, 1.54) is 11.1 Å². The van der Waals surface area contributed by atoms with Gasteiger partial charge in [0.05, 0.1) is 11.0 Å². The lowest BCUT2D eigenvalue weighted by molar-refractivity contribution is 0.249. The van der Waals surface area contributed by atoms with Crippen LogP contribution >= 0.6 is 11.6 Å². The summed E-state index contributed by atoms with van der Waals surface area (Å²) in [7, 11) is 2.22. The van der Waals surface area contributed by atoms with Gasteiger partial charge in [-0.3, -0.25) is 14.9 Å². The van der Waals surface area contributed by atoms with Crippen molar-refractivity contribution < 1.29 is 0 Å². The molecule has 0 radical (unpaired) electrons. The molecule has 0 spiro atoms. The molecule has 0 bridgehead atoms. The second kappa shape index (κ2) is 8.34. The van der Waals surface area contributed by atoms with E-state index < -0.39 is 0 Å². The van der Waals surface area contributed by atoms with Gasteiger partial charge in [0.1, 0.15) is 0 Å². The zero-order valence-corrected chi connectivity index (χ0v) is 16.4. The molecule has 1 aromatic carbocycles. The van der Waals surface area contributed by atoms with Crippen LogP contribution in [0.4, 0.5) is 0 Å². The van der Waals surface area contributed by atoms with E-state index in [4.69, 9.17) is 11.6 Å². The van der Waals surface area contributed by atoms with Gasteiger partial charge < -0.3 is 4.90 Å². The molecule has 1 atom stereocenters. The van der Waals surface area contributed by atoms with Gasteiger partial charge >= 0.3 is 0 Å². The molecule has 1 fully saturated rings. The quantitative estimate of drug-likeness (QED) is 0.687. The molecule has 0 amide bonds. The fraction of sp³-hybridized carbons (Fsp3) is 0.364. The molecule has 3 aromatic rings. The maximum absolute atomic E-state index is 6.03. The third kappa shape index (κ3) is 4.64. The van der Waals surface area contributed by atoms with Crippen LogP contribution in [0.3, 0.4) is 0 Å². The highest BCUT2D eigenvalue weighted by Crippen LogP contribution is 2.21. The molecule has 1 aliphatic heterocycles. The molecule has 0 aliphatic carbocycles.